The molecule has 4 heteroatoms. The molecule has 3 atom stereocenters. The van der Waals surface area contributed by atoms with E-state index in [1.165, 1.54) is 25.7 Å². The number of piperidine rings is 1. The molecule has 2 aliphatic heterocycles. The number of carbonyl (C=O) groups is 1. The first-order valence-electron chi connectivity index (χ1n) is 8.92. The van der Waals surface area contributed by atoms with Crippen molar-refractivity contribution >= 4 is 5.91 Å². The largest absolute Gasteiger partial charge is 0.341 e. The van der Waals surface area contributed by atoms with Crippen LogP contribution in [0.2, 0.25) is 0 Å². The maximum absolute atomic E-state index is 12.8. The van der Waals surface area contributed by atoms with Crippen LogP contribution in [0.1, 0.15) is 58.8 Å². The number of nitrogens with zero attached hydrogens (tertiary/aromatic N) is 2. The van der Waals surface area contributed by atoms with Crippen molar-refractivity contribution in [3.63, 3.8) is 0 Å². The van der Waals surface area contributed by atoms with Gasteiger partial charge in [0.15, 0.2) is 0 Å². The Kier molecular flexibility index (Phi) is 6.49. The third-order valence-electron chi connectivity index (χ3n) is 5.49. The SMILES string of the molecule is CCC1CCN(C(C)C(=O)N2CCCCCC2)C(CN)C1. The lowest BCUT2D eigenvalue weighted by Gasteiger charge is -2.42. The molecule has 0 aromatic carbocycles. The molecule has 2 fully saturated rings. The molecule has 21 heavy (non-hydrogen) atoms. The summed E-state index contributed by atoms with van der Waals surface area (Å²) >= 11 is 0. The molecule has 3 unspecified atom stereocenters. The summed E-state index contributed by atoms with van der Waals surface area (Å²) in [6.45, 7) is 7.95. The summed E-state index contributed by atoms with van der Waals surface area (Å²) in [7, 11) is 0. The van der Waals surface area contributed by atoms with Crippen molar-refractivity contribution in [1.82, 2.24) is 9.80 Å². The fraction of sp³-hybridized carbons (Fsp3) is 0.941. The molecule has 2 heterocycles. The number of nitrogens with two attached hydrogens (primary N) is 1. The third kappa shape index (κ3) is 4.19. The normalized spacial score (nSPS) is 30.0. The van der Waals surface area contributed by atoms with Crippen LogP contribution >= 0.6 is 0 Å². The quantitative estimate of drug-likeness (QED) is 0.865. The highest BCUT2D eigenvalue weighted by Crippen LogP contribution is 2.27. The standard InChI is InChI=1S/C17H33N3O/c1-3-15-8-11-20(16(12-15)13-18)14(2)17(21)19-9-6-4-5-7-10-19/h14-16H,3-13,18H2,1-2H3. The number of hydrogen-bond acceptors (Lipinski definition) is 3. The van der Waals surface area contributed by atoms with Crippen molar-refractivity contribution < 1.29 is 4.79 Å². The molecule has 2 N–H and O–H groups in total. The molecule has 4 nitrogen and oxygen atoms in total. The van der Waals surface area contributed by atoms with Gasteiger partial charge >= 0.3 is 0 Å². The monoisotopic (exact) mass is 295 g/mol. The second-order valence-corrected chi connectivity index (χ2v) is 6.84. The lowest BCUT2D eigenvalue weighted by atomic mass is 9.88. The predicted molar refractivity (Wildman–Crippen MR) is 87.1 cm³/mol. The van der Waals surface area contributed by atoms with Crippen LogP contribution in [0.4, 0.5) is 0 Å². The summed E-state index contributed by atoms with van der Waals surface area (Å²) in [5, 5.41) is 0. The summed E-state index contributed by atoms with van der Waals surface area (Å²) in [5.41, 5.74) is 5.99. The highest BCUT2D eigenvalue weighted by Gasteiger charge is 2.34. The van der Waals surface area contributed by atoms with E-state index in [9.17, 15) is 4.79 Å². The zero-order valence-corrected chi connectivity index (χ0v) is 13.9. The average Bonchev–Trinajstić information content (AvgIpc) is 2.82. The Morgan fingerprint density at radius 2 is 1.86 bits per heavy atom. The van der Waals surface area contributed by atoms with Crippen LogP contribution in [0.5, 0.6) is 0 Å². The lowest BCUT2D eigenvalue weighted by molar-refractivity contribution is -0.138. The molecule has 0 aliphatic carbocycles. The van der Waals surface area contributed by atoms with Gasteiger partial charge in [-0.15, -0.1) is 0 Å². The number of amides is 1. The van der Waals surface area contributed by atoms with Gasteiger partial charge in [0.2, 0.25) is 5.91 Å². The van der Waals surface area contributed by atoms with Crippen molar-refractivity contribution in [3.05, 3.63) is 0 Å². The van der Waals surface area contributed by atoms with Crippen LogP contribution in [0.3, 0.4) is 0 Å². The van der Waals surface area contributed by atoms with E-state index in [0.717, 1.165) is 44.8 Å². The second kappa shape index (κ2) is 8.14. The Morgan fingerprint density at radius 1 is 1.19 bits per heavy atom. The maximum atomic E-state index is 12.8. The summed E-state index contributed by atoms with van der Waals surface area (Å²) < 4.78 is 0. The van der Waals surface area contributed by atoms with Crippen molar-refractivity contribution in [3.8, 4) is 0 Å². The first kappa shape index (κ1) is 16.8. The molecule has 0 aromatic rings. The molecule has 2 rings (SSSR count). The van der Waals surface area contributed by atoms with E-state index >= 15 is 0 Å². The Balaban J connectivity index is 1.96. The molecule has 0 radical (unpaired) electrons. The molecule has 122 valence electrons. The van der Waals surface area contributed by atoms with Gasteiger partial charge in [-0.1, -0.05) is 26.2 Å². The van der Waals surface area contributed by atoms with Gasteiger partial charge in [0.1, 0.15) is 0 Å². The average molecular weight is 295 g/mol. The van der Waals surface area contributed by atoms with Gasteiger partial charge in [-0.2, -0.15) is 0 Å². The van der Waals surface area contributed by atoms with Crippen molar-refractivity contribution in [2.45, 2.75) is 70.9 Å². The van der Waals surface area contributed by atoms with Gasteiger partial charge in [0.05, 0.1) is 6.04 Å². The fourth-order valence-corrected chi connectivity index (χ4v) is 3.96. The van der Waals surface area contributed by atoms with Gasteiger partial charge in [0.25, 0.3) is 0 Å². The van der Waals surface area contributed by atoms with Crippen molar-refractivity contribution in [2.24, 2.45) is 11.7 Å². The van der Waals surface area contributed by atoms with Crippen LogP contribution in [-0.2, 0) is 4.79 Å². The molecular weight excluding hydrogens is 262 g/mol. The van der Waals surface area contributed by atoms with Crippen LogP contribution in [0.25, 0.3) is 0 Å². The highest BCUT2D eigenvalue weighted by molar-refractivity contribution is 5.81. The summed E-state index contributed by atoms with van der Waals surface area (Å²) in [6.07, 6.45) is 8.47. The van der Waals surface area contributed by atoms with Crippen LogP contribution in [-0.4, -0.2) is 54.0 Å². The second-order valence-electron chi connectivity index (χ2n) is 6.84. The molecule has 0 bridgehead atoms. The van der Waals surface area contributed by atoms with Gasteiger partial charge in [-0.25, -0.2) is 0 Å². The predicted octanol–water partition coefficient (Wildman–Crippen LogP) is 2.23. The Labute approximate surface area is 130 Å². The Morgan fingerprint density at radius 3 is 2.43 bits per heavy atom. The topological polar surface area (TPSA) is 49.6 Å². The van der Waals surface area contributed by atoms with E-state index in [1.807, 2.05) is 0 Å². The van der Waals surface area contributed by atoms with E-state index in [-0.39, 0.29) is 6.04 Å². The highest BCUT2D eigenvalue weighted by atomic mass is 16.2. The fourth-order valence-electron chi connectivity index (χ4n) is 3.96. The number of rotatable bonds is 4. The first-order chi connectivity index (χ1) is 10.2. The summed E-state index contributed by atoms with van der Waals surface area (Å²) in [6, 6.07) is 0.379. The van der Waals surface area contributed by atoms with Gasteiger partial charge in [-0.3, -0.25) is 9.69 Å². The first-order valence-corrected chi connectivity index (χ1v) is 8.92. The number of likely N-dealkylation sites (tertiary alicyclic amines) is 2. The molecule has 2 aliphatic rings. The Bertz CT molecular complexity index is 326. The van der Waals surface area contributed by atoms with Crippen LogP contribution in [0.15, 0.2) is 0 Å². The summed E-state index contributed by atoms with van der Waals surface area (Å²) in [5.74, 6) is 1.11. The molecular formula is C17H33N3O. The smallest absolute Gasteiger partial charge is 0.239 e. The summed E-state index contributed by atoms with van der Waals surface area (Å²) in [4.78, 5) is 17.3. The van der Waals surface area contributed by atoms with Crippen LogP contribution < -0.4 is 5.73 Å². The van der Waals surface area contributed by atoms with E-state index in [4.69, 9.17) is 5.73 Å². The minimum absolute atomic E-state index is 0.00513. The van der Waals surface area contributed by atoms with Crippen LogP contribution in [0, 0.1) is 5.92 Å². The van der Waals surface area contributed by atoms with Crippen molar-refractivity contribution in [2.75, 3.05) is 26.2 Å². The lowest BCUT2D eigenvalue weighted by Crippen LogP contribution is -2.56. The molecule has 1 amide bonds. The molecule has 2 saturated heterocycles. The van der Waals surface area contributed by atoms with E-state index in [1.54, 1.807) is 0 Å². The van der Waals surface area contributed by atoms with E-state index in [2.05, 4.69) is 23.6 Å². The number of hydrogen-bond donors (Lipinski definition) is 1. The van der Waals surface area contributed by atoms with Crippen molar-refractivity contribution in [1.29, 1.82) is 0 Å². The van der Waals surface area contributed by atoms with Gasteiger partial charge in [0, 0.05) is 25.7 Å². The van der Waals surface area contributed by atoms with Gasteiger partial charge < -0.3 is 10.6 Å². The minimum atomic E-state index is -0.00513. The zero-order valence-electron chi connectivity index (χ0n) is 13.9. The molecule has 0 saturated carbocycles. The molecule has 0 spiro atoms. The van der Waals surface area contributed by atoms with E-state index < -0.39 is 0 Å². The molecule has 0 aromatic heterocycles. The Hall–Kier alpha value is -0.610. The van der Waals surface area contributed by atoms with E-state index in [0.29, 0.717) is 18.5 Å². The van der Waals surface area contributed by atoms with Gasteiger partial charge in [-0.05, 0) is 45.1 Å². The zero-order chi connectivity index (χ0) is 15.2. The number of carbonyl (C=O) groups excluding carboxylic acids is 1. The minimum Gasteiger partial charge on any atom is -0.341 e. The maximum Gasteiger partial charge on any atom is 0.239 e. The third-order valence-corrected chi connectivity index (χ3v) is 5.49.